The summed E-state index contributed by atoms with van der Waals surface area (Å²) in [7, 11) is 1.94. The van der Waals surface area contributed by atoms with Gasteiger partial charge in [0.15, 0.2) is 5.96 Å². The van der Waals surface area contributed by atoms with Gasteiger partial charge >= 0.3 is 0 Å². The molecule has 1 aliphatic carbocycles. The van der Waals surface area contributed by atoms with E-state index in [2.05, 4.69) is 20.1 Å². The topological polar surface area (TPSA) is 30.9 Å². The lowest BCUT2D eigenvalue weighted by atomic mass is 9.86. The van der Waals surface area contributed by atoms with Gasteiger partial charge in [-0.25, -0.2) is 0 Å². The van der Waals surface area contributed by atoms with Crippen molar-refractivity contribution in [3.05, 3.63) is 0 Å². The number of nitrogens with zero attached hydrogens (tertiary/aromatic N) is 3. The van der Waals surface area contributed by atoms with Gasteiger partial charge in [0.2, 0.25) is 0 Å². The third-order valence-electron chi connectivity index (χ3n) is 6.50. The summed E-state index contributed by atoms with van der Waals surface area (Å²) in [6, 6.07) is 0. The lowest BCUT2D eigenvalue weighted by Gasteiger charge is -2.26. The van der Waals surface area contributed by atoms with Crippen LogP contribution in [0.25, 0.3) is 0 Å². The monoisotopic (exact) mass is 462 g/mol. The van der Waals surface area contributed by atoms with Crippen molar-refractivity contribution in [2.45, 2.75) is 70.6 Å². The molecule has 3 aliphatic rings. The van der Waals surface area contributed by atoms with Crippen molar-refractivity contribution in [1.82, 2.24) is 15.1 Å². The molecule has 0 radical (unpaired) electrons. The number of likely N-dealkylation sites (tertiary alicyclic amines) is 2. The van der Waals surface area contributed by atoms with E-state index in [0.29, 0.717) is 5.41 Å². The predicted molar refractivity (Wildman–Crippen MR) is 118 cm³/mol. The molecule has 1 saturated carbocycles. The van der Waals surface area contributed by atoms with Gasteiger partial charge in [0.05, 0.1) is 0 Å². The van der Waals surface area contributed by atoms with E-state index < -0.39 is 0 Å². The number of rotatable bonds is 6. The van der Waals surface area contributed by atoms with E-state index in [1.54, 1.807) is 0 Å². The molecule has 0 unspecified atom stereocenters. The van der Waals surface area contributed by atoms with Gasteiger partial charge in [-0.1, -0.05) is 25.7 Å². The zero-order valence-electron chi connectivity index (χ0n) is 16.3. The molecular formula is C20H39IN4. The van der Waals surface area contributed by atoms with Crippen molar-refractivity contribution >= 4 is 29.9 Å². The predicted octanol–water partition coefficient (Wildman–Crippen LogP) is 4.10. The first kappa shape index (κ1) is 21.3. The van der Waals surface area contributed by atoms with Gasteiger partial charge in [0, 0.05) is 26.7 Å². The Bertz CT molecular complexity index is 401. The van der Waals surface area contributed by atoms with Crippen molar-refractivity contribution in [2.24, 2.45) is 10.4 Å². The minimum atomic E-state index is 0. The number of hydrogen-bond donors (Lipinski definition) is 1. The van der Waals surface area contributed by atoms with Gasteiger partial charge in [-0.15, -0.1) is 24.0 Å². The number of guanidine groups is 1. The Balaban J connectivity index is 0.00000225. The number of halogens is 1. The van der Waals surface area contributed by atoms with Crippen molar-refractivity contribution in [1.29, 1.82) is 0 Å². The highest BCUT2D eigenvalue weighted by molar-refractivity contribution is 14.0. The van der Waals surface area contributed by atoms with Crippen LogP contribution in [0.4, 0.5) is 0 Å². The van der Waals surface area contributed by atoms with Crippen LogP contribution < -0.4 is 5.32 Å². The van der Waals surface area contributed by atoms with Crippen LogP contribution in [0.3, 0.4) is 0 Å². The second kappa shape index (κ2) is 11.0. The Kier molecular flexibility index (Phi) is 9.31. The van der Waals surface area contributed by atoms with Crippen molar-refractivity contribution < 1.29 is 0 Å². The lowest BCUT2D eigenvalue weighted by molar-refractivity contribution is 0.224. The number of nitrogens with one attached hydrogen (secondary N) is 1. The average molecular weight is 462 g/mol. The molecule has 1 N–H and O–H groups in total. The zero-order chi connectivity index (χ0) is 16.7. The molecule has 2 saturated heterocycles. The third kappa shape index (κ3) is 6.26. The fourth-order valence-electron chi connectivity index (χ4n) is 5.00. The van der Waals surface area contributed by atoms with E-state index in [1.165, 1.54) is 103 Å². The van der Waals surface area contributed by atoms with E-state index >= 15 is 0 Å². The van der Waals surface area contributed by atoms with Crippen LogP contribution in [0.2, 0.25) is 0 Å². The first-order valence-corrected chi connectivity index (χ1v) is 10.5. The molecule has 0 aromatic rings. The maximum atomic E-state index is 4.54. The van der Waals surface area contributed by atoms with Crippen molar-refractivity contribution in [2.75, 3.05) is 46.3 Å². The Morgan fingerprint density at radius 3 is 2.40 bits per heavy atom. The molecular weight excluding hydrogens is 423 g/mol. The van der Waals surface area contributed by atoms with Gasteiger partial charge in [0.25, 0.3) is 0 Å². The minimum absolute atomic E-state index is 0. The Morgan fingerprint density at radius 2 is 1.68 bits per heavy atom. The molecule has 0 aromatic carbocycles. The average Bonchev–Trinajstić information content (AvgIpc) is 3.25. The minimum Gasteiger partial charge on any atom is -0.356 e. The fourth-order valence-corrected chi connectivity index (χ4v) is 5.00. The Labute approximate surface area is 172 Å². The summed E-state index contributed by atoms with van der Waals surface area (Å²) in [5, 5.41) is 3.62. The molecule has 25 heavy (non-hydrogen) atoms. The number of aliphatic imine (C=N–C) groups is 1. The van der Waals surface area contributed by atoms with E-state index in [0.717, 1.165) is 12.5 Å². The molecule has 0 bridgehead atoms. The number of piperidine rings is 1. The van der Waals surface area contributed by atoms with E-state index in [9.17, 15) is 0 Å². The van der Waals surface area contributed by atoms with E-state index in [1.807, 2.05) is 7.05 Å². The number of unbranched alkanes of at least 4 members (excludes halogenated alkanes) is 2. The number of hydrogen-bond acceptors (Lipinski definition) is 2. The standard InChI is InChI=1S/C20H38N4.HI/c1-21-19(24-17-12-20(18-24)10-4-5-11-20)22-13-6-2-7-14-23-15-8-3-9-16-23;/h2-18H2,1H3,(H,21,22);1H. The molecule has 146 valence electrons. The fraction of sp³-hybridized carbons (Fsp3) is 0.950. The molecule has 3 rings (SSSR count). The summed E-state index contributed by atoms with van der Waals surface area (Å²) in [6.07, 6.45) is 15.4. The third-order valence-corrected chi connectivity index (χ3v) is 6.50. The van der Waals surface area contributed by atoms with Crippen LogP contribution >= 0.6 is 24.0 Å². The molecule has 0 amide bonds. The maximum absolute atomic E-state index is 4.54. The van der Waals surface area contributed by atoms with Gasteiger partial charge < -0.3 is 15.1 Å². The molecule has 4 nitrogen and oxygen atoms in total. The van der Waals surface area contributed by atoms with Crippen LogP contribution in [-0.2, 0) is 0 Å². The highest BCUT2D eigenvalue weighted by atomic mass is 127. The normalized spacial score (nSPS) is 23.9. The highest BCUT2D eigenvalue weighted by Gasteiger charge is 2.40. The zero-order valence-corrected chi connectivity index (χ0v) is 18.6. The van der Waals surface area contributed by atoms with E-state index in [-0.39, 0.29) is 24.0 Å². The quantitative estimate of drug-likeness (QED) is 0.279. The first-order valence-electron chi connectivity index (χ1n) is 10.5. The largest absolute Gasteiger partial charge is 0.356 e. The van der Waals surface area contributed by atoms with Crippen LogP contribution in [0.5, 0.6) is 0 Å². The Hall–Kier alpha value is -0.0400. The van der Waals surface area contributed by atoms with Gasteiger partial charge in [-0.3, -0.25) is 4.99 Å². The summed E-state index contributed by atoms with van der Waals surface area (Å²) in [5.74, 6) is 1.15. The highest BCUT2D eigenvalue weighted by Crippen LogP contribution is 2.45. The Morgan fingerprint density at radius 1 is 0.920 bits per heavy atom. The molecule has 0 aromatic heterocycles. The van der Waals surface area contributed by atoms with Gasteiger partial charge in [0.1, 0.15) is 0 Å². The summed E-state index contributed by atoms with van der Waals surface area (Å²) in [4.78, 5) is 9.71. The second-order valence-corrected chi connectivity index (χ2v) is 8.32. The molecule has 1 spiro atoms. The summed E-state index contributed by atoms with van der Waals surface area (Å²) in [5.41, 5.74) is 0.631. The summed E-state index contributed by atoms with van der Waals surface area (Å²) >= 11 is 0. The molecule has 2 aliphatic heterocycles. The van der Waals surface area contributed by atoms with Gasteiger partial charge in [-0.05, 0) is 70.0 Å². The first-order chi connectivity index (χ1) is 11.8. The summed E-state index contributed by atoms with van der Waals surface area (Å²) < 4.78 is 0. The van der Waals surface area contributed by atoms with Crippen molar-refractivity contribution in [3.63, 3.8) is 0 Å². The van der Waals surface area contributed by atoms with Crippen molar-refractivity contribution in [3.8, 4) is 0 Å². The van der Waals surface area contributed by atoms with Crippen LogP contribution in [-0.4, -0.2) is 62.1 Å². The van der Waals surface area contributed by atoms with Crippen LogP contribution in [0.1, 0.15) is 70.6 Å². The van der Waals surface area contributed by atoms with E-state index in [4.69, 9.17) is 0 Å². The molecule has 5 heteroatoms. The summed E-state index contributed by atoms with van der Waals surface area (Å²) in [6.45, 7) is 7.50. The van der Waals surface area contributed by atoms with Gasteiger partial charge in [-0.2, -0.15) is 0 Å². The smallest absolute Gasteiger partial charge is 0.193 e. The molecule has 3 fully saturated rings. The maximum Gasteiger partial charge on any atom is 0.193 e. The lowest BCUT2D eigenvalue weighted by Crippen LogP contribution is -2.41. The van der Waals surface area contributed by atoms with Crippen LogP contribution in [0, 0.1) is 5.41 Å². The second-order valence-electron chi connectivity index (χ2n) is 8.32. The van der Waals surface area contributed by atoms with Crippen LogP contribution in [0.15, 0.2) is 4.99 Å². The molecule has 2 heterocycles. The molecule has 0 atom stereocenters. The SMILES string of the molecule is CN=C(NCCCCCN1CCCCC1)N1CCC2(CCCC2)C1.I.